The lowest BCUT2D eigenvalue weighted by Crippen LogP contribution is -2.19. The average molecular weight is 220 g/mol. The number of hydrogen-bond acceptors (Lipinski definition) is 3. The van der Waals surface area contributed by atoms with E-state index in [1.807, 2.05) is 13.8 Å². The van der Waals surface area contributed by atoms with Gasteiger partial charge in [0.15, 0.2) is 0 Å². The van der Waals surface area contributed by atoms with Crippen LogP contribution in [0.25, 0.3) is 0 Å². The number of esters is 1. The first-order valence-corrected chi connectivity index (χ1v) is 6.39. The topological polar surface area (TPSA) is 35.5 Å². The van der Waals surface area contributed by atoms with Crippen molar-refractivity contribution < 1.29 is 14.1 Å². The summed E-state index contributed by atoms with van der Waals surface area (Å²) in [5.41, 5.74) is 0. The summed E-state index contributed by atoms with van der Waals surface area (Å²) in [5, 5.41) is 0. The van der Waals surface area contributed by atoms with Crippen molar-refractivity contribution in [2.24, 2.45) is 5.92 Å². The highest BCUT2D eigenvalue weighted by Gasteiger charge is 2.18. The first-order valence-electron chi connectivity index (χ1n) is 5.27. The minimum atomic E-state index is -0.0680. The summed E-state index contributed by atoms with van der Waals surface area (Å²) in [5.74, 6) is -0.0358. The van der Waals surface area contributed by atoms with Crippen LogP contribution in [0.4, 0.5) is 0 Å². The summed E-state index contributed by atoms with van der Waals surface area (Å²) < 4.78 is 10.3. The molecule has 0 amide bonds. The Labute approximate surface area is 88.4 Å². The van der Waals surface area contributed by atoms with E-state index < -0.39 is 0 Å². The lowest BCUT2D eigenvalue weighted by Gasteiger charge is -2.13. The molecule has 0 saturated heterocycles. The molecule has 84 valence electrons. The van der Waals surface area contributed by atoms with Crippen LogP contribution in [0.1, 0.15) is 33.6 Å². The van der Waals surface area contributed by atoms with Gasteiger partial charge in [0.05, 0.1) is 12.5 Å². The van der Waals surface area contributed by atoms with E-state index >= 15 is 0 Å². The predicted molar refractivity (Wildman–Crippen MR) is 59.8 cm³/mol. The number of rotatable bonds is 8. The minimum absolute atomic E-state index is 0.0323. The Balaban J connectivity index is 3.81. The van der Waals surface area contributed by atoms with Crippen LogP contribution in [0.3, 0.4) is 0 Å². The molecule has 0 rings (SSSR count). The van der Waals surface area contributed by atoms with E-state index in [2.05, 4.69) is 6.92 Å². The second kappa shape index (κ2) is 9.42. The van der Waals surface area contributed by atoms with E-state index in [1.165, 1.54) is 0 Å². The maximum Gasteiger partial charge on any atom is 0.309 e. The van der Waals surface area contributed by atoms with Crippen molar-refractivity contribution in [2.75, 3.05) is 19.4 Å². The van der Waals surface area contributed by atoms with Crippen LogP contribution in [0.2, 0.25) is 0 Å². The fraction of sp³-hybridized carbons (Fsp3) is 0.900. The highest BCUT2D eigenvalue weighted by atomic mass is 31.1. The van der Waals surface area contributed by atoms with Crippen molar-refractivity contribution in [3.8, 4) is 0 Å². The van der Waals surface area contributed by atoms with Crippen molar-refractivity contribution in [2.45, 2.75) is 33.6 Å². The normalized spacial score (nSPS) is 13.4. The molecule has 0 heterocycles. The summed E-state index contributed by atoms with van der Waals surface area (Å²) in [6.07, 6.45) is 2.72. The van der Waals surface area contributed by atoms with Gasteiger partial charge in [0.2, 0.25) is 0 Å². The molecule has 0 aromatic heterocycles. The zero-order chi connectivity index (χ0) is 10.8. The number of ether oxygens (including phenoxy) is 1. The number of hydrogen-bond donors (Lipinski definition) is 0. The SMILES string of the molecule is CCCC(CPOCC)C(=O)OCC. The van der Waals surface area contributed by atoms with Crippen LogP contribution in [-0.4, -0.2) is 25.3 Å². The molecule has 4 heteroatoms. The van der Waals surface area contributed by atoms with E-state index in [9.17, 15) is 4.79 Å². The molecule has 0 aliphatic heterocycles. The molecule has 0 radical (unpaired) electrons. The lowest BCUT2D eigenvalue weighted by atomic mass is 10.1. The van der Waals surface area contributed by atoms with Crippen LogP contribution in [0, 0.1) is 5.92 Å². The van der Waals surface area contributed by atoms with Gasteiger partial charge in [-0.3, -0.25) is 4.79 Å². The molecular weight excluding hydrogens is 199 g/mol. The molecule has 0 aliphatic rings. The maximum absolute atomic E-state index is 11.5. The van der Waals surface area contributed by atoms with E-state index in [0.717, 1.165) is 25.6 Å². The molecule has 3 nitrogen and oxygen atoms in total. The van der Waals surface area contributed by atoms with Gasteiger partial charge in [-0.1, -0.05) is 13.3 Å². The van der Waals surface area contributed by atoms with Gasteiger partial charge < -0.3 is 9.26 Å². The Morgan fingerprint density at radius 1 is 1.29 bits per heavy atom. The van der Waals surface area contributed by atoms with Gasteiger partial charge >= 0.3 is 5.97 Å². The number of carbonyl (C=O) groups is 1. The third-order valence-electron chi connectivity index (χ3n) is 1.83. The van der Waals surface area contributed by atoms with Gasteiger partial charge in [0.25, 0.3) is 0 Å². The Kier molecular flexibility index (Phi) is 9.32. The van der Waals surface area contributed by atoms with Crippen LogP contribution in [-0.2, 0) is 14.1 Å². The van der Waals surface area contributed by atoms with Crippen LogP contribution >= 0.6 is 8.81 Å². The molecule has 0 fully saturated rings. The monoisotopic (exact) mass is 220 g/mol. The zero-order valence-electron chi connectivity index (χ0n) is 9.34. The molecule has 2 unspecified atom stereocenters. The fourth-order valence-electron chi connectivity index (χ4n) is 1.17. The van der Waals surface area contributed by atoms with Gasteiger partial charge in [-0.05, 0) is 20.3 Å². The lowest BCUT2D eigenvalue weighted by molar-refractivity contribution is -0.147. The quantitative estimate of drug-likeness (QED) is 0.358. The van der Waals surface area contributed by atoms with E-state index in [0.29, 0.717) is 15.4 Å². The van der Waals surface area contributed by atoms with Gasteiger partial charge in [-0.2, -0.15) is 0 Å². The molecule has 2 atom stereocenters. The van der Waals surface area contributed by atoms with Gasteiger partial charge in [0, 0.05) is 21.6 Å². The first-order chi connectivity index (χ1) is 6.76. The Morgan fingerprint density at radius 2 is 2.00 bits per heavy atom. The van der Waals surface area contributed by atoms with Gasteiger partial charge in [-0.25, -0.2) is 0 Å². The molecule has 0 saturated carbocycles. The predicted octanol–water partition coefficient (Wildman–Crippen LogP) is 2.60. The average Bonchev–Trinajstić information content (AvgIpc) is 2.17. The van der Waals surface area contributed by atoms with Crippen LogP contribution in [0.5, 0.6) is 0 Å². The highest BCUT2D eigenvalue weighted by molar-refractivity contribution is 7.32. The van der Waals surface area contributed by atoms with Crippen LogP contribution < -0.4 is 0 Å². The van der Waals surface area contributed by atoms with Crippen LogP contribution in [0.15, 0.2) is 0 Å². The van der Waals surface area contributed by atoms with Crippen molar-refractivity contribution in [3.63, 3.8) is 0 Å². The van der Waals surface area contributed by atoms with Gasteiger partial charge in [0.1, 0.15) is 0 Å². The second-order valence-corrected chi connectivity index (χ2v) is 4.00. The molecule has 0 aliphatic carbocycles. The first kappa shape index (κ1) is 13.9. The third kappa shape index (κ3) is 6.33. The smallest absolute Gasteiger partial charge is 0.309 e. The largest absolute Gasteiger partial charge is 0.466 e. The van der Waals surface area contributed by atoms with E-state index in [4.69, 9.17) is 9.26 Å². The molecule has 0 spiro atoms. The molecule has 0 aromatic carbocycles. The van der Waals surface area contributed by atoms with Crippen molar-refractivity contribution >= 4 is 14.8 Å². The summed E-state index contributed by atoms with van der Waals surface area (Å²) in [6.45, 7) is 7.07. The number of carbonyl (C=O) groups excluding carboxylic acids is 1. The summed E-state index contributed by atoms with van der Waals surface area (Å²) in [6, 6.07) is 0. The van der Waals surface area contributed by atoms with E-state index in [1.54, 1.807) is 0 Å². The molecule has 0 bridgehead atoms. The Bertz CT molecular complexity index is 150. The fourth-order valence-corrected chi connectivity index (χ4v) is 2.07. The maximum atomic E-state index is 11.5. The third-order valence-corrected chi connectivity index (χ3v) is 2.99. The van der Waals surface area contributed by atoms with Gasteiger partial charge in [-0.15, -0.1) is 0 Å². The van der Waals surface area contributed by atoms with Crippen molar-refractivity contribution in [1.82, 2.24) is 0 Å². The molecular formula is C10H21O3P. The minimum Gasteiger partial charge on any atom is -0.466 e. The highest BCUT2D eigenvalue weighted by Crippen LogP contribution is 2.21. The second-order valence-electron chi connectivity index (χ2n) is 3.02. The summed E-state index contributed by atoms with van der Waals surface area (Å²) in [7, 11) is 0.419. The Hall–Kier alpha value is -0.140. The molecule has 14 heavy (non-hydrogen) atoms. The van der Waals surface area contributed by atoms with E-state index in [-0.39, 0.29) is 11.9 Å². The molecule has 0 N–H and O–H groups in total. The van der Waals surface area contributed by atoms with Crippen molar-refractivity contribution in [1.29, 1.82) is 0 Å². The summed E-state index contributed by atoms with van der Waals surface area (Å²) in [4.78, 5) is 11.5. The Morgan fingerprint density at radius 3 is 2.50 bits per heavy atom. The molecule has 0 aromatic rings. The zero-order valence-corrected chi connectivity index (χ0v) is 10.3. The van der Waals surface area contributed by atoms with Crippen molar-refractivity contribution in [3.05, 3.63) is 0 Å². The summed E-state index contributed by atoms with van der Waals surface area (Å²) >= 11 is 0. The standard InChI is InChI=1S/C10H21O3P/c1-4-7-9(8-14-13-6-3)10(11)12-5-2/h9,14H,4-8H2,1-3H3.